The third kappa shape index (κ3) is 3.49. The van der Waals surface area contributed by atoms with Gasteiger partial charge in [0.2, 0.25) is 0 Å². The van der Waals surface area contributed by atoms with Crippen LogP contribution in [0.1, 0.15) is 26.6 Å². The number of rotatable bonds is 4. The molecule has 0 fully saturated rings. The van der Waals surface area contributed by atoms with Crippen molar-refractivity contribution in [3.05, 3.63) is 77.9 Å². The van der Waals surface area contributed by atoms with Gasteiger partial charge in [-0.25, -0.2) is 4.98 Å². The van der Waals surface area contributed by atoms with Crippen molar-refractivity contribution in [2.24, 2.45) is 0 Å². The molecule has 0 radical (unpaired) electrons. The van der Waals surface area contributed by atoms with Crippen molar-refractivity contribution in [2.45, 2.75) is 6.92 Å². The fraction of sp³-hybridized carbons (Fsp3) is 0.0556. The summed E-state index contributed by atoms with van der Waals surface area (Å²) in [6, 6.07) is 15.3. The van der Waals surface area contributed by atoms with Gasteiger partial charge in [-0.05, 0) is 43.3 Å². The lowest BCUT2D eigenvalue weighted by atomic mass is 10.1. The van der Waals surface area contributed by atoms with Gasteiger partial charge in [-0.1, -0.05) is 18.2 Å². The molecule has 0 saturated carbocycles. The topological polar surface area (TPSA) is 84.2 Å². The highest BCUT2D eigenvalue weighted by Gasteiger charge is 2.15. The van der Waals surface area contributed by atoms with Crippen LogP contribution in [0.4, 0.5) is 11.5 Å². The second-order valence-electron chi connectivity index (χ2n) is 5.10. The van der Waals surface area contributed by atoms with E-state index in [2.05, 4.69) is 15.6 Å². The summed E-state index contributed by atoms with van der Waals surface area (Å²) < 4.78 is 5.05. The van der Waals surface area contributed by atoms with Crippen LogP contribution in [0.15, 0.2) is 65.3 Å². The van der Waals surface area contributed by atoms with E-state index in [-0.39, 0.29) is 11.7 Å². The van der Waals surface area contributed by atoms with E-state index < -0.39 is 5.91 Å². The molecular formula is C18H15N3O3. The van der Waals surface area contributed by atoms with E-state index in [4.69, 9.17) is 4.42 Å². The number of pyridine rings is 1. The predicted molar refractivity (Wildman–Crippen MR) is 90.0 cm³/mol. The largest absolute Gasteiger partial charge is 0.459 e. The summed E-state index contributed by atoms with van der Waals surface area (Å²) in [5, 5.41) is 5.40. The first-order valence-electron chi connectivity index (χ1n) is 7.32. The van der Waals surface area contributed by atoms with Crippen LogP contribution < -0.4 is 10.6 Å². The van der Waals surface area contributed by atoms with Crippen molar-refractivity contribution in [1.29, 1.82) is 0 Å². The monoisotopic (exact) mass is 321 g/mol. The molecule has 0 bridgehead atoms. The Hall–Kier alpha value is -3.41. The summed E-state index contributed by atoms with van der Waals surface area (Å²) in [4.78, 5) is 28.8. The molecule has 0 unspecified atom stereocenters. The highest BCUT2D eigenvalue weighted by Crippen LogP contribution is 2.18. The van der Waals surface area contributed by atoms with Gasteiger partial charge in [0.1, 0.15) is 5.82 Å². The number of hydrogen-bond acceptors (Lipinski definition) is 4. The number of anilines is 2. The number of benzene rings is 1. The second-order valence-corrected chi connectivity index (χ2v) is 5.10. The fourth-order valence-electron chi connectivity index (χ4n) is 2.18. The Morgan fingerprint density at radius 2 is 1.75 bits per heavy atom. The molecule has 24 heavy (non-hydrogen) atoms. The van der Waals surface area contributed by atoms with Gasteiger partial charge in [-0.3, -0.25) is 9.59 Å². The summed E-state index contributed by atoms with van der Waals surface area (Å²) in [6.07, 6.45) is 1.41. The SMILES string of the molecule is Cc1cccc(NC(=O)c2ccccc2NC(=O)c2ccco2)n1. The average molecular weight is 321 g/mol. The van der Waals surface area contributed by atoms with Crippen molar-refractivity contribution in [2.75, 3.05) is 10.6 Å². The maximum absolute atomic E-state index is 12.5. The lowest BCUT2D eigenvalue weighted by Gasteiger charge is -2.10. The molecule has 6 nitrogen and oxygen atoms in total. The molecule has 120 valence electrons. The van der Waals surface area contributed by atoms with Crippen LogP contribution in [-0.2, 0) is 0 Å². The minimum absolute atomic E-state index is 0.172. The van der Waals surface area contributed by atoms with Crippen molar-refractivity contribution in [1.82, 2.24) is 4.98 Å². The summed E-state index contributed by atoms with van der Waals surface area (Å²) in [5.41, 5.74) is 1.52. The minimum atomic E-state index is -0.422. The summed E-state index contributed by atoms with van der Waals surface area (Å²) in [5.74, 6) is -0.157. The molecule has 0 spiro atoms. The van der Waals surface area contributed by atoms with Gasteiger partial charge in [0, 0.05) is 5.69 Å². The first-order chi connectivity index (χ1) is 11.6. The maximum Gasteiger partial charge on any atom is 0.291 e. The molecule has 6 heteroatoms. The van der Waals surface area contributed by atoms with E-state index in [9.17, 15) is 9.59 Å². The number of amides is 2. The first-order valence-corrected chi connectivity index (χ1v) is 7.32. The quantitative estimate of drug-likeness (QED) is 0.770. The van der Waals surface area contributed by atoms with Crippen LogP contribution in [0.2, 0.25) is 0 Å². The van der Waals surface area contributed by atoms with Gasteiger partial charge in [0.15, 0.2) is 5.76 Å². The Kier molecular flexibility index (Phi) is 4.38. The number of nitrogens with one attached hydrogen (secondary N) is 2. The number of nitrogens with zero attached hydrogens (tertiary/aromatic N) is 1. The number of furan rings is 1. The normalized spacial score (nSPS) is 10.2. The molecule has 2 amide bonds. The third-order valence-corrected chi connectivity index (χ3v) is 3.29. The molecule has 1 aromatic carbocycles. The van der Waals surface area contributed by atoms with Gasteiger partial charge in [-0.15, -0.1) is 0 Å². The van der Waals surface area contributed by atoms with E-state index in [1.165, 1.54) is 6.26 Å². The van der Waals surface area contributed by atoms with Crippen LogP contribution in [0, 0.1) is 6.92 Å². The Labute approximate surface area is 138 Å². The van der Waals surface area contributed by atoms with Crippen molar-refractivity contribution in [3.63, 3.8) is 0 Å². The van der Waals surface area contributed by atoms with Gasteiger partial charge in [0.25, 0.3) is 11.8 Å². The Balaban J connectivity index is 1.80. The lowest BCUT2D eigenvalue weighted by Crippen LogP contribution is -2.18. The van der Waals surface area contributed by atoms with Gasteiger partial charge in [-0.2, -0.15) is 0 Å². The first kappa shape index (κ1) is 15.5. The molecule has 2 aromatic heterocycles. The Morgan fingerprint density at radius 1 is 0.917 bits per heavy atom. The summed E-state index contributed by atoms with van der Waals surface area (Å²) >= 11 is 0. The molecule has 3 rings (SSSR count). The molecule has 0 saturated heterocycles. The minimum Gasteiger partial charge on any atom is -0.459 e. The van der Waals surface area contributed by atoms with E-state index in [1.54, 1.807) is 42.5 Å². The third-order valence-electron chi connectivity index (χ3n) is 3.29. The van der Waals surface area contributed by atoms with Gasteiger partial charge < -0.3 is 15.1 Å². The zero-order valence-electron chi connectivity index (χ0n) is 12.9. The number of aromatic nitrogens is 1. The van der Waals surface area contributed by atoms with Crippen molar-refractivity contribution in [3.8, 4) is 0 Å². The van der Waals surface area contributed by atoms with Crippen LogP contribution >= 0.6 is 0 Å². The van der Waals surface area contributed by atoms with Crippen LogP contribution in [0.5, 0.6) is 0 Å². The smallest absolute Gasteiger partial charge is 0.291 e. The van der Waals surface area contributed by atoms with Gasteiger partial charge >= 0.3 is 0 Å². The van der Waals surface area contributed by atoms with Gasteiger partial charge in [0.05, 0.1) is 17.5 Å². The highest BCUT2D eigenvalue weighted by atomic mass is 16.3. The molecule has 3 aromatic rings. The lowest BCUT2D eigenvalue weighted by molar-refractivity contribution is 0.0996. The summed E-state index contributed by atoms with van der Waals surface area (Å²) in [7, 11) is 0. The van der Waals surface area contributed by atoms with E-state index >= 15 is 0 Å². The van der Waals surface area contributed by atoms with E-state index in [0.29, 0.717) is 17.1 Å². The molecule has 0 atom stereocenters. The number of aryl methyl sites for hydroxylation is 1. The van der Waals surface area contributed by atoms with Crippen LogP contribution in [0.25, 0.3) is 0 Å². The number of carbonyl (C=O) groups excluding carboxylic acids is 2. The number of carbonyl (C=O) groups is 2. The standard InChI is InChI=1S/C18H15N3O3/c1-12-6-4-10-16(19-12)21-17(22)13-7-2-3-8-14(13)20-18(23)15-9-5-11-24-15/h2-11H,1H3,(H,20,23)(H,19,21,22). The number of hydrogen-bond donors (Lipinski definition) is 2. The highest BCUT2D eigenvalue weighted by molar-refractivity contribution is 6.11. The molecule has 2 N–H and O–H groups in total. The molecular weight excluding hydrogens is 306 g/mol. The zero-order chi connectivity index (χ0) is 16.9. The van der Waals surface area contributed by atoms with Crippen molar-refractivity contribution >= 4 is 23.3 Å². The van der Waals surface area contributed by atoms with Crippen LogP contribution in [-0.4, -0.2) is 16.8 Å². The number of para-hydroxylation sites is 1. The summed E-state index contributed by atoms with van der Waals surface area (Å²) in [6.45, 7) is 1.84. The van der Waals surface area contributed by atoms with Crippen molar-refractivity contribution < 1.29 is 14.0 Å². The molecule has 0 aliphatic heterocycles. The maximum atomic E-state index is 12.5. The van der Waals surface area contributed by atoms with E-state index in [0.717, 1.165) is 5.69 Å². The molecule has 2 heterocycles. The second kappa shape index (κ2) is 6.78. The average Bonchev–Trinajstić information content (AvgIpc) is 3.10. The fourth-order valence-corrected chi connectivity index (χ4v) is 2.18. The molecule has 0 aliphatic carbocycles. The zero-order valence-corrected chi connectivity index (χ0v) is 12.9. The van der Waals surface area contributed by atoms with Crippen LogP contribution in [0.3, 0.4) is 0 Å². The van der Waals surface area contributed by atoms with E-state index in [1.807, 2.05) is 19.1 Å². The molecule has 0 aliphatic rings. The predicted octanol–water partition coefficient (Wildman–Crippen LogP) is 3.49. The Bertz CT molecular complexity index is 873. The Morgan fingerprint density at radius 3 is 2.50 bits per heavy atom.